The third-order valence-electron chi connectivity index (χ3n) is 3.05. The van der Waals surface area contributed by atoms with Crippen molar-refractivity contribution in [3.8, 4) is 12.0 Å². The number of nitrogens with zero attached hydrogens (tertiary/aromatic N) is 7. The minimum absolute atomic E-state index is 0.156. The van der Waals surface area contributed by atoms with E-state index in [9.17, 15) is 0 Å². The molecule has 8 nitrogen and oxygen atoms in total. The van der Waals surface area contributed by atoms with Gasteiger partial charge in [-0.3, -0.25) is 0 Å². The number of hydrogen-bond donors (Lipinski definition) is 1. The molecule has 3 rings (SSSR count). The Kier molecular flexibility index (Phi) is 3.16. The van der Waals surface area contributed by atoms with E-state index in [1.54, 1.807) is 18.5 Å². The van der Waals surface area contributed by atoms with Crippen LogP contribution >= 0.6 is 0 Å². The maximum Gasteiger partial charge on any atom is 0.257 e. The van der Waals surface area contributed by atoms with E-state index in [2.05, 4.69) is 26.1 Å². The fourth-order valence-corrected chi connectivity index (χ4v) is 1.99. The Morgan fingerprint density at radius 2 is 2.25 bits per heavy atom. The fourth-order valence-electron chi connectivity index (χ4n) is 1.99. The predicted molar refractivity (Wildman–Crippen MR) is 72.0 cm³/mol. The molecule has 2 aromatic rings. The van der Waals surface area contributed by atoms with Crippen molar-refractivity contribution in [2.45, 2.75) is 25.3 Å². The Balaban J connectivity index is 1.93. The minimum Gasteiger partial charge on any atom is -0.368 e. The summed E-state index contributed by atoms with van der Waals surface area (Å²) in [5.41, 5.74) is 5.76. The second kappa shape index (κ2) is 5.13. The summed E-state index contributed by atoms with van der Waals surface area (Å²) >= 11 is 0. The summed E-state index contributed by atoms with van der Waals surface area (Å²) in [5.74, 6) is 1.06. The Labute approximate surface area is 115 Å². The van der Waals surface area contributed by atoms with Gasteiger partial charge in [-0.1, -0.05) is 0 Å². The van der Waals surface area contributed by atoms with Crippen LogP contribution in [0.4, 0.5) is 11.9 Å². The maximum absolute atomic E-state index is 8.76. The van der Waals surface area contributed by atoms with Gasteiger partial charge in [0.15, 0.2) is 0 Å². The van der Waals surface area contributed by atoms with Crippen molar-refractivity contribution in [3.63, 3.8) is 0 Å². The molecule has 0 saturated heterocycles. The van der Waals surface area contributed by atoms with Gasteiger partial charge in [-0.25, -0.2) is 4.68 Å². The molecule has 1 saturated carbocycles. The molecular weight excluding hydrogens is 256 g/mol. The molecule has 0 aromatic carbocycles. The molecule has 102 valence electrons. The van der Waals surface area contributed by atoms with E-state index in [4.69, 9.17) is 11.0 Å². The normalized spacial score (nSPS) is 13.9. The molecule has 2 N–H and O–H groups in total. The molecule has 1 aliphatic rings. The van der Waals surface area contributed by atoms with Gasteiger partial charge >= 0.3 is 0 Å². The first-order valence-corrected chi connectivity index (χ1v) is 6.43. The van der Waals surface area contributed by atoms with E-state index in [0.717, 1.165) is 12.8 Å². The molecule has 0 radical (unpaired) electrons. The summed E-state index contributed by atoms with van der Waals surface area (Å²) in [5, 5.41) is 12.8. The van der Waals surface area contributed by atoms with Crippen molar-refractivity contribution in [2.75, 3.05) is 17.2 Å². The van der Waals surface area contributed by atoms with E-state index >= 15 is 0 Å². The lowest BCUT2D eigenvalue weighted by atomic mass is 10.4. The van der Waals surface area contributed by atoms with Crippen molar-refractivity contribution >= 4 is 11.9 Å². The molecule has 8 heteroatoms. The lowest BCUT2D eigenvalue weighted by Crippen LogP contribution is -2.29. The van der Waals surface area contributed by atoms with Crippen LogP contribution in [0.2, 0.25) is 0 Å². The topological polar surface area (TPSA) is 110 Å². The first kappa shape index (κ1) is 12.3. The first-order valence-electron chi connectivity index (χ1n) is 6.43. The van der Waals surface area contributed by atoms with Crippen LogP contribution in [0.25, 0.3) is 5.95 Å². The summed E-state index contributed by atoms with van der Waals surface area (Å²) in [4.78, 5) is 14.7. The van der Waals surface area contributed by atoms with E-state index in [-0.39, 0.29) is 5.95 Å². The molecule has 0 spiro atoms. The van der Waals surface area contributed by atoms with Crippen LogP contribution in [-0.2, 0) is 0 Å². The number of nitrogen functional groups attached to an aromatic ring is 1. The second-order valence-electron chi connectivity index (χ2n) is 4.58. The number of aromatic nitrogens is 5. The largest absolute Gasteiger partial charge is 0.368 e. The van der Waals surface area contributed by atoms with Crippen molar-refractivity contribution in [1.82, 2.24) is 24.7 Å². The van der Waals surface area contributed by atoms with Crippen LogP contribution in [0, 0.1) is 11.3 Å². The summed E-state index contributed by atoms with van der Waals surface area (Å²) < 4.78 is 1.54. The minimum atomic E-state index is 0.156. The molecule has 0 unspecified atom stereocenters. The van der Waals surface area contributed by atoms with Crippen LogP contribution in [0.1, 0.15) is 19.3 Å². The maximum atomic E-state index is 8.76. The Hall–Kier alpha value is -2.69. The van der Waals surface area contributed by atoms with Crippen LogP contribution in [0.5, 0.6) is 0 Å². The molecule has 1 aliphatic carbocycles. The average molecular weight is 270 g/mol. The van der Waals surface area contributed by atoms with E-state index in [1.807, 2.05) is 4.90 Å². The number of nitriles is 1. The first-order chi connectivity index (χ1) is 9.78. The summed E-state index contributed by atoms with van der Waals surface area (Å²) in [6, 6.07) is 4.33. The smallest absolute Gasteiger partial charge is 0.257 e. The molecule has 0 aliphatic heterocycles. The van der Waals surface area contributed by atoms with Crippen molar-refractivity contribution in [3.05, 3.63) is 18.5 Å². The standard InChI is InChI=1S/C12H14N8/c13-5-1-7-19(9-3-4-9)11-16-10(14)17-12(18-11)20-8-2-6-15-20/h2,6,8-9H,1,3-4,7H2,(H2,14,16,17,18). The molecule has 0 amide bonds. The molecular formula is C12H14N8. The van der Waals surface area contributed by atoms with Gasteiger partial charge in [0.05, 0.1) is 12.5 Å². The third kappa shape index (κ3) is 2.51. The molecule has 2 aromatic heterocycles. The zero-order chi connectivity index (χ0) is 13.9. The number of nitrogens with two attached hydrogens (primary N) is 1. The number of rotatable bonds is 5. The van der Waals surface area contributed by atoms with Crippen molar-refractivity contribution in [1.29, 1.82) is 5.26 Å². The average Bonchev–Trinajstić information content (AvgIpc) is 3.12. The second-order valence-corrected chi connectivity index (χ2v) is 4.58. The molecule has 0 atom stereocenters. The monoisotopic (exact) mass is 270 g/mol. The van der Waals surface area contributed by atoms with Crippen LogP contribution in [-0.4, -0.2) is 37.3 Å². The van der Waals surface area contributed by atoms with Gasteiger partial charge in [-0.05, 0) is 18.9 Å². The SMILES string of the molecule is N#CCCN(c1nc(N)nc(-n2cccn2)n1)C1CC1. The lowest BCUT2D eigenvalue weighted by Gasteiger charge is -2.21. The van der Waals surface area contributed by atoms with Crippen LogP contribution < -0.4 is 10.6 Å². The number of anilines is 2. The van der Waals surface area contributed by atoms with Gasteiger partial charge in [-0.2, -0.15) is 25.3 Å². The molecule has 2 heterocycles. The van der Waals surface area contributed by atoms with Gasteiger partial charge in [0.1, 0.15) is 0 Å². The lowest BCUT2D eigenvalue weighted by molar-refractivity contribution is 0.734. The highest BCUT2D eigenvalue weighted by atomic mass is 15.4. The highest BCUT2D eigenvalue weighted by molar-refractivity contribution is 5.40. The van der Waals surface area contributed by atoms with Crippen molar-refractivity contribution < 1.29 is 0 Å². The summed E-state index contributed by atoms with van der Waals surface area (Å²) in [6.45, 7) is 0.600. The van der Waals surface area contributed by atoms with Gasteiger partial charge in [-0.15, -0.1) is 0 Å². The zero-order valence-corrected chi connectivity index (χ0v) is 10.8. The predicted octanol–water partition coefficient (Wildman–Crippen LogP) is 0.522. The highest BCUT2D eigenvalue weighted by Crippen LogP contribution is 2.30. The Morgan fingerprint density at radius 1 is 1.40 bits per heavy atom. The highest BCUT2D eigenvalue weighted by Gasteiger charge is 2.31. The fraction of sp³-hybridized carbons (Fsp3) is 0.417. The van der Waals surface area contributed by atoms with Gasteiger partial charge in [0.25, 0.3) is 5.95 Å². The van der Waals surface area contributed by atoms with Gasteiger partial charge in [0, 0.05) is 25.0 Å². The quantitative estimate of drug-likeness (QED) is 0.843. The van der Waals surface area contributed by atoms with Crippen LogP contribution in [0.15, 0.2) is 18.5 Å². The van der Waals surface area contributed by atoms with Gasteiger partial charge in [0.2, 0.25) is 11.9 Å². The molecule has 1 fully saturated rings. The van der Waals surface area contributed by atoms with Gasteiger partial charge < -0.3 is 10.6 Å². The zero-order valence-electron chi connectivity index (χ0n) is 10.8. The van der Waals surface area contributed by atoms with E-state index < -0.39 is 0 Å². The van der Waals surface area contributed by atoms with Crippen LogP contribution in [0.3, 0.4) is 0 Å². The van der Waals surface area contributed by atoms with E-state index in [0.29, 0.717) is 30.9 Å². The van der Waals surface area contributed by atoms with Crippen molar-refractivity contribution in [2.24, 2.45) is 0 Å². The Bertz CT molecular complexity index is 625. The summed E-state index contributed by atoms with van der Waals surface area (Å²) in [6.07, 6.45) is 6.00. The third-order valence-corrected chi connectivity index (χ3v) is 3.05. The van der Waals surface area contributed by atoms with E-state index in [1.165, 1.54) is 4.68 Å². The number of hydrogen-bond acceptors (Lipinski definition) is 7. The summed E-state index contributed by atoms with van der Waals surface area (Å²) in [7, 11) is 0. The molecule has 20 heavy (non-hydrogen) atoms. The Morgan fingerprint density at radius 3 is 2.90 bits per heavy atom. The molecule has 0 bridgehead atoms.